The minimum absolute atomic E-state index is 0.152. The van der Waals surface area contributed by atoms with Crippen molar-refractivity contribution in [2.24, 2.45) is 0 Å². The summed E-state index contributed by atoms with van der Waals surface area (Å²) in [6.07, 6.45) is 1.79. The van der Waals surface area contributed by atoms with Gasteiger partial charge in [0, 0.05) is 19.7 Å². The molecular formula is C15H21NO3. The summed E-state index contributed by atoms with van der Waals surface area (Å²) in [5, 5.41) is 9.59. The molecule has 0 aliphatic carbocycles. The van der Waals surface area contributed by atoms with Gasteiger partial charge in [-0.2, -0.15) is 0 Å². The highest BCUT2D eigenvalue weighted by Gasteiger charge is 2.36. The van der Waals surface area contributed by atoms with E-state index in [2.05, 4.69) is 11.8 Å². The predicted molar refractivity (Wildman–Crippen MR) is 73.2 cm³/mol. The molecule has 1 aromatic rings. The molecule has 2 unspecified atom stereocenters. The van der Waals surface area contributed by atoms with Gasteiger partial charge in [-0.05, 0) is 24.0 Å². The molecule has 0 aromatic heterocycles. The van der Waals surface area contributed by atoms with Crippen LogP contribution in [0.4, 0.5) is 0 Å². The molecule has 2 atom stereocenters. The first kappa shape index (κ1) is 14.0. The number of carbonyl (C=O) groups is 1. The Labute approximate surface area is 114 Å². The van der Waals surface area contributed by atoms with Crippen LogP contribution in [0, 0.1) is 0 Å². The van der Waals surface area contributed by atoms with Crippen molar-refractivity contribution in [3.05, 3.63) is 35.4 Å². The number of fused-ring (bicyclic) bond motifs is 1. The van der Waals surface area contributed by atoms with E-state index in [1.165, 1.54) is 0 Å². The molecule has 1 aliphatic heterocycles. The average Bonchev–Trinajstić information content (AvgIpc) is 2.43. The summed E-state index contributed by atoms with van der Waals surface area (Å²) in [6.45, 7) is 3.42. The van der Waals surface area contributed by atoms with Crippen molar-refractivity contribution in [1.29, 1.82) is 0 Å². The molecule has 4 nitrogen and oxygen atoms in total. The maximum atomic E-state index is 11.7. The van der Waals surface area contributed by atoms with Crippen LogP contribution in [0.25, 0.3) is 0 Å². The van der Waals surface area contributed by atoms with Crippen molar-refractivity contribution in [2.75, 3.05) is 20.3 Å². The summed E-state index contributed by atoms with van der Waals surface area (Å²) in [5.74, 6) is -0.776. The zero-order valence-corrected chi connectivity index (χ0v) is 11.5. The Balaban J connectivity index is 2.34. The third-order valence-corrected chi connectivity index (χ3v) is 3.85. The topological polar surface area (TPSA) is 49.8 Å². The minimum Gasteiger partial charge on any atom is -0.480 e. The van der Waals surface area contributed by atoms with Crippen molar-refractivity contribution < 1.29 is 14.6 Å². The van der Waals surface area contributed by atoms with E-state index in [4.69, 9.17) is 4.74 Å². The second-order valence-electron chi connectivity index (χ2n) is 4.94. The van der Waals surface area contributed by atoms with E-state index in [0.717, 1.165) is 30.5 Å². The van der Waals surface area contributed by atoms with Gasteiger partial charge in [0.2, 0.25) is 0 Å². The second-order valence-corrected chi connectivity index (χ2v) is 4.94. The first-order valence-electron chi connectivity index (χ1n) is 6.74. The molecular weight excluding hydrogens is 242 g/mol. The molecule has 4 heteroatoms. The highest BCUT2D eigenvalue weighted by Crippen LogP contribution is 2.32. The fraction of sp³-hybridized carbons (Fsp3) is 0.533. The number of carboxylic acids is 1. The van der Waals surface area contributed by atoms with Gasteiger partial charge in [-0.1, -0.05) is 31.2 Å². The summed E-state index contributed by atoms with van der Waals surface area (Å²) < 4.78 is 5.23. The van der Waals surface area contributed by atoms with Gasteiger partial charge < -0.3 is 9.84 Å². The Kier molecular flexibility index (Phi) is 4.56. The fourth-order valence-electron chi connectivity index (χ4n) is 2.89. The molecule has 1 heterocycles. The molecule has 1 aliphatic rings. The van der Waals surface area contributed by atoms with Crippen LogP contribution >= 0.6 is 0 Å². The van der Waals surface area contributed by atoms with E-state index < -0.39 is 12.0 Å². The van der Waals surface area contributed by atoms with Crippen molar-refractivity contribution in [2.45, 2.75) is 31.8 Å². The Morgan fingerprint density at radius 1 is 1.53 bits per heavy atom. The van der Waals surface area contributed by atoms with Gasteiger partial charge in [0.15, 0.2) is 0 Å². The lowest BCUT2D eigenvalue weighted by Gasteiger charge is -2.39. The van der Waals surface area contributed by atoms with Crippen molar-refractivity contribution >= 4 is 5.97 Å². The number of hydrogen-bond acceptors (Lipinski definition) is 3. The number of methoxy groups -OCH3 is 1. The van der Waals surface area contributed by atoms with Gasteiger partial charge in [0.1, 0.15) is 6.04 Å². The molecule has 0 bridgehead atoms. The van der Waals surface area contributed by atoms with E-state index in [1.807, 2.05) is 24.3 Å². The second kappa shape index (κ2) is 6.17. The molecule has 0 saturated carbocycles. The van der Waals surface area contributed by atoms with Crippen molar-refractivity contribution in [3.8, 4) is 0 Å². The molecule has 0 spiro atoms. The lowest BCUT2D eigenvalue weighted by atomic mass is 9.91. The van der Waals surface area contributed by atoms with Gasteiger partial charge in [0.25, 0.3) is 0 Å². The molecule has 1 N–H and O–H groups in total. The van der Waals surface area contributed by atoms with Crippen LogP contribution < -0.4 is 0 Å². The highest BCUT2D eigenvalue weighted by atomic mass is 16.5. The lowest BCUT2D eigenvalue weighted by Crippen LogP contribution is -2.47. The van der Waals surface area contributed by atoms with Crippen LogP contribution in [0.2, 0.25) is 0 Å². The molecule has 1 aromatic carbocycles. The lowest BCUT2D eigenvalue weighted by molar-refractivity contribution is -0.145. The molecule has 0 amide bonds. The van der Waals surface area contributed by atoms with Crippen LogP contribution in [0.15, 0.2) is 24.3 Å². The number of carboxylic acid groups (broad SMARTS) is 1. The van der Waals surface area contributed by atoms with Crippen LogP contribution in [-0.4, -0.2) is 42.3 Å². The Morgan fingerprint density at radius 3 is 2.89 bits per heavy atom. The molecule has 19 heavy (non-hydrogen) atoms. The highest BCUT2D eigenvalue weighted by molar-refractivity contribution is 5.76. The van der Waals surface area contributed by atoms with Crippen molar-refractivity contribution in [1.82, 2.24) is 4.90 Å². The zero-order chi connectivity index (χ0) is 13.8. The summed E-state index contributed by atoms with van der Waals surface area (Å²) in [5.41, 5.74) is 2.08. The largest absolute Gasteiger partial charge is 0.480 e. The van der Waals surface area contributed by atoms with E-state index in [-0.39, 0.29) is 6.04 Å². The monoisotopic (exact) mass is 263 g/mol. The van der Waals surface area contributed by atoms with Crippen LogP contribution in [0.3, 0.4) is 0 Å². The number of hydrogen-bond donors (Lipinski definition) is 1. The standard InChI is InChI=1S/C15H21NO3/c1-3-12(10-19-2)16-9-8-11-6-4-5-7-13(11)14(16)15(17)18/h4-7,12,14H,3,8-10H2,1-2H3,(H,17,18). The molecule has 0 saturated heterocycles. The summed E-state index contributed by atoms with van der Waals surface area (Å²) in [7, 11) is 1.66. The van der Waals surface area contributed by atoms with Gasteiger partial charge >= 0.3 is 5.97 Å². The van der Waals surface area contributed by atoms with E-state index in [1.54, 1.807) is 7.11 Å². The molecule has 0 radical (unpaired) electrons. The van der Waals surface area contributed by atoms with Crippen LogP contribution in [-0.2, 0) is 16.0 Å². The third kappa shape index (κ3) is 2.80. The summed E-state index contributed by atoms with van der Waals surface area (Å²) >= 11 is 0. The van der Waals surface area contributed by atoms with Crippen LogP contribution in [0.5, 0.6) is 0 Å². The maximum Gasteiger partial charge on any atom is 0.325 e. The van der Waals surface area contributed by atoms with Gasteiger partial charge in [-0.25, -0.2) is 0 Å². The summed E-state index contributed by atoms with van der Waals surface area (Å²) in [6, 6.07) is 7.44. The van der Waals surface area contributed by atoms with E-state index in [0.29, 0.717) is 6.61 Å². The quantitative estimate of drug-likeness (QED) is 0.884. The fourth-order valence-corrected chi connectivity index (χ4v) is 2.89. The average molecular weight is 263 g/mol. The number of aliphatic carboxylic acids is 1. The molecule has 0 fully saturated rings. The van der Waals surface area contributed by atoms with E-state index >= 15 is 0 Å². The van der Waals surface area contributed by atoms with Crippen LogP contribution in [0.1, 0.15) is 30.5 Å². The predicted octanol–water partition coefficient (Wildman–Crippen LogP) is 2.10. The Morgan fingerprint density at radius 2 is 2.26 bits per heavy atom. The zero-order valence-electron chi connectivity index (χ0n) is 11.5. The SMILES string of the molecule is CCC(COC)N1CCc2ccccc2C1C(=O)O. The smallest absolute Gasteiger partial charge is 0.325 e. The first-order chi connectivity index (χ1) is 9.19. The Hall–Kier alpha value is -1.39. The maximum absolute atomic E-state index is 11.7. The number of rotatable bonds is 5. The van der Waals surface area contributed by atoms with Gasteiger partial charge in [0.05, 0.1) is 6.61 Å². The number of benzene rings is 1. The molecule has 104 valence electrons. The molecule has 2 rings (SSSR count). The van der Waals surface area contributed by atoms with Gasteiger partial charge in [-0.15, -0.1) is 0 Å². The van der Waals surface area contributed by atoms with Gasteiger partial charge in [-0.3, -0.25) is 9.69 Å². The first-order valence-corrected chi connectivity index (χ1v) is 6.74. The third-order valence-electron chi connectivity index (χ3n) is 3.85. The van der Waals surface area contributed by atoms with Crippen molar-refractivity contribution in [3.63, 3.8) is 0 Å². The minimum atomic E-state index is -0.776. The number of nitrogens with zero attached hydrogens (tertiary/aromatic N) is 1. The summed E-state index contributed by atoms with van der Waals surface area (Å²) in [4.78, 5) is 13.7. The van der Waals surface area contributed by atoms with E-state index in [9.17, 15) is 9.90 Å². The number of ether oxygens (including phenoxy) is 1. The Bertz CT molecular complexity index is 447. The normalized spacial score (nSPS) is 20.8.